The van der Waals surface area contributed by atoms with Gasteiger partial charge < -0.3 is 10.1 Å². The van der Waals surface area contributed by atoms with Gasteiger partial charge in [0.05, 0.1) is 16.4 Å². The fourth-order valence-electron chi connectivity index (χ4n) is 2.01. The van der Waals surface area contributed by atoms with Gasteiger partial charge in [0.1, 0.15) is 0 Å². The van der Waals surface area contributed by atoms with E-state index >= 15 is 0 Å². The molecule has 0 amide bonds. The lowest BCUT2D eigenvalue weighted by atomic mass is 10.0. The Balaban J connectivity index is 3.14. The molecule has 1 aromatic rings. The van der Waals surface area contributed by atoms with Crippen LogP contribution in [0.4, 0.5) is 5.69 Å². The fraction of sp³-hybridized carbons (Fsp3) is 0.500. The number of nitrogens with one attached hydrogen (secondary N) is 1. The average molecular weight is 317 g/mol. The number of nitro groups is 1. The molecular formula is C12H19N3O5S. The van der Waals surface area contributed by atoms with Crippen molar-refractivity contribution in [2.24, 2.45) is 5.14 Å². The van der Waals surface area contributed by atoms with Gasteiger partial charge in [-0.25, -0.2) is 13.6 Å². The van der Waals surface area contributed by atoms with Crippen LogP contribution in [-0.2, 0) is 21.2 Å². The highest BCUT2D eigenvalue weighted by Gasteiger charge is 2.21. The van der Waals surface area contributed by atoms with Gasteiger partial charge in [0.15, 0.2) is 0 Å². The lowest BCUT2D eigenvalue weighted by Gasteiger charge is -2.17. The van der Waals surface area contributed by atoms with Crippen molar-refractivity contribution in [3.8, 4) is 0 Å². The van der Waals surface area contributed by atoms with E-state index in [1.807, 2.05) is 6.92 Å². The topological polar surface area (TPSA) is 125 Å². The first-order valence-corrected chi connectivity index (χ1v) is 7.86. The number of likely N-dealkylation sites (N-methyl/N-ethyl adjacent to an activating group) is 1. The lowest BCUT2D eigenvalue weighted by Crippen LogP contribution is -2.35. The monoisotopic (exact) mass is 317 g/mol. The predicted octanol–water partition coefficient (Wildman–Crippen LogP) is 0.409. The summed E-state index contributed by atoms with van der Waals surface area (Å²) in [6.45, 7) is 3.00. The number of rotatable bonds is 8. The number of methoxy groups -OCH3 is 1. The van der Waals surface area contributed by atoms with Gasteiger partial charge in [-0.2, -0.15) is 0 Å². The number of nitro benzene ring substituents is 1. The molecule has 0 saturated heterocycles. The zero-order chi connectivity index (χ0) is 16.0. The molecule has 0 bridgehead atoms. The second-order valence-corrected chi connectivity index (χ2v) is 6.07. The Bertz CT molecular complexity index is 597. The maximum absolute atomic E-state index is 11.3. The van der Waals surface area contributed by atoms with E-state index in [9.17, 15) is 18.5 Å². The summed E-state index contributed by atoms with van der Waals surface area (Å²) in [5.41, 5.74) is 0.163. The highest BCUT2D eigenvalue weighted by Crippen LogP contribution is 2.23. The number of nitrogens with zero attached hydrogens (tertiary/aromatic N) is 1. The first-order chi connectivity index (χ1) is 9.79. The highest BCUT2D eigenvalue weighted by molar-refractivity contribution is 7.89. The van der Waals surface area contributed by atoms with Gasteiger partial charge in [0.2, 0.25) is 10.0 Å². The summed E-state index contributed by atoms with van der Waals surface area (Å²) in [6.07, 6.45) is 0.350. The maximum atomic E-state index is 11.3. The molecule has 3 N–H and O–H groups in total. The second-order valence-electron chi connectivity index (χ2n) is 4.51. The minimum Gasteiger partial charge on any atom is -0.383 e. The number of hydrogen-bond donors (Lipinski definition) is 2. The molecule has 0 aromatic heterocycles. The number of nitrogens with two attached hydrogens (primary N) is 1. The molecule has 118 valence electrons. The minimum atomic E-state index is -3.97. The number of ether oxygens (including phenoxy) is 1. The molecule has 0 heterocycles. The van der Waals surface area contributed by atoms with Gasteiger partial charge >= 0.3 is 0 Å². The van der Waals surface area contributed by atoms with Crippen LogP contribution in [0.5, 0.6) is 0 Å². The Morgan fingerprint density at radius 3 is 2.62 bits per heavy atom. The van der Waals surface area contributed by atoms with Crippen LogP contribution >= 0.6 is 0 Å². The summed E-state index contributed by atoms with van der Waals surface area (Å²) >= 11 is 0. The Hall–Kier alpha value is -1.55. The van der Waals surface area contributed by atoms with Crippen molar-refractivity contribution >= 4 is 15.7 Å². The molecule has 0 aliphatic carbocycles. The first kappa shape index (κ1) is 17.5. The van der Waals surface area contributed by atoms with E-state index in [2.05, 4.69) is 5.32 Å². The van der Waals surface area contributed by atoms with Crippen molar-refractivity contribution in [2.75, 3.05) is 20.3 Å². The first-order valence-electron chi connectivity index (χ1n) is 6.32. The summed E-state index contributed by atoms with van der Waals surface area (Å²) in [6, 6.07) is 3.57. The molecule has 9 heteroatoms. The summed E-state index contributed by atoms with van der Waals surface area (Å²) in [5.74, 6) is 0. The smallest absolute Gasteiger partial charge is 0.273 e. The molecule has 1 rings (SSSR count). The number of hydrogen-bond acceptors (Lipinski definition) is 6. The zero-order valence-corrected chi connectivity index (χ0v) is 12.7. The predicted molar refractivity (Wildman–Crippen MR) is 77.5 cm³/mol. The van der Waals surface area contributed by atoms with Crippen LogP contribution in [0.25, 0.3) is 0 Å². The minimum absolute atomic E-state index is 0.0981. The third-order valence-electron chi connectivity index (χ3n) is 2.91. The van der Waals surface area contributed by atoms with Crippen molar-refractivity contribution in [1.29, 1.82) is 0 Å². The molecule has 21 heavy (non-hydrogen) atoms. The molecule has 0 saturated carbocycles. The van der Waals surface area contributed by atoms with E-state index in [1.165, 1.54) is 12.1 Å². The van der Waals surface area contributed by atoms with E-state index < -0.39 is 14.9 Å². The normalized spacial score (nSPS) is 13.1. The molecule has 1 aromatic carbocycles. The summed E-state index contributed by atoms with van der Waals surface area (Å²) in [7, 11) is -2.42. The Kier molecular flexibility index (Phi) is 6.21. The van der Waals surface area contributed by atoms with Crippen LogP contribution in [0.3, 0.4) is 0 Å². The van der Waals surface area contributed by atoms with Crippen LogP contribution in [0.2, 0.25) is 0 Å². The molecule has 0 spiro atoms. The van der Waals surface area contributed by atoms with Crippen LogP contribution in [0.1, 0.15) is 12.5 Å². The van der Waals surface area contributed by atoms with Gasteiger partial charge in [-0.1, -0.05) is 13.0 Å². The molecule has 0 radical (unpaired) electrons. The largest absolute Gasteiger partial charge is 0.383 e. The van der Waals surface area contributed by atoms with E-state index in [-0.39, 0.29) is 16.6 Å². The summed E-state index contributed by atoms with van der Waals surface area (Å²) in [4.78, 5) is 10.2. The van der Waals surface area contributed by atoms with Crippen molar-refractivity contribution in [1.82, 2.24) is 5.32 Å². The molecule has 1 atom stereocenters. The van der Waals surface area contributed by atoms with Gasteiger partial charge in [0.25, 0.3) is 5.69 Å². The standard InChI is InChI=1S/C12H19N3O5S/c1-3-14-10(8-20-2)6-9-4-5-11(21(13,18)19)7-12(9)15(16)17/h4-5,7,10,14H,3,6,8H2,1-2H3,(H2,13,18,19). The van der Waals surface area contributed by atoms with Crippen molar-refractivity contribution < 1.29 is 18.1 Å². The quantitative estimate of drug-likeness (QED) is 0.528. The molecule has 0 aliphatic rings. The number of sulfonamides is 1. The van der Waals surface area contributed by atoms with E-state index in [1.54, 1.807) is 7.11 Å². The van der Waals surface area contributed by atoms with Crippen LogP contribution in [-0.4, -0.2) is 39.6 Å². The van der Waals surface area contributed by atoms with Crippen molar-refractivity contribution in [2.45, 2.75) is 24.3 Å². The van der Waals surface area contributed by atoms with Crippen LogP contribution in [0, 0.1) is 10.1 Å². The maximum Gasteiger partial charge on any atom is 0.273 e. The number of primary sulfonamides is 1. The van der Waals surface area contributed by atoms with Gasteiger partial charge in [-0.05, 0) is 19.0 Å². The summed E-state index contributed by atoms with van der Waals surface area (Å²) in [5, 5.41) is 19.3. The van der Waals surface area contributed by atoms with E-state index in [0.717, 1.165) is 6.07 Å². The van der Waals surface area contributed by atoms with Crippen molar-refractivity contribution in [3.63, 3.8) is 0 Å². The Morgan fingerprint density at radius 2 is 2.14 bits per heavy atom. The van der Waals surface area contributed by atoms with E-state index in [4.69, 9.17) is 9.88 Å². The second kappa shape index (κ2) is 7.46. The van der Waals surface area contributed by atoms with Gasteiger partial charge in [-0.15, -0.1) is 0 Å². The highest BCUT2D eigenvalue weighted by atomic mass is 32.2. The average Bonchev–Trinajstić information content (AvgIpc) is 2.38. The third kappa shape index (κ3) is 5.05. The molecule has 1 unspecified atom stereocenters. The molecular weight excluding hydrogens is 298 g/mol. The Morgan fingerprint density at radius 1 is 1.48 bits per heavy atom. The molecule has 0 fully saturated rings. The molecule has 8 nitrogen and oxygen atoms in total. The van der Waals surface area contributed by atoms with Crippen LogP contribution in [0.15, 0.2) is 23.1 Å². The van der Waals surface area contributed by atoms with Gasteiger partial charge in [0, 0.05) is 24.8 Å². The SMILES string of the molecule is CCNC(COC)Cc1ccc(S(N)(=O)=O)cc1[N+](=O)[O-]. The lowest BCUT2D eigenvalue weighted by molar-refractivity contribution is -0.385. The fourth-order valence-corrected chi connectivity index (χ4v) is 2.54. The molecule has 0 aliphatic heterocycles. The number of benzene rings is 1. The summed E-state index contributed by atoms with van der Waals surface area (Å²) < 4.78 is 27.6. The zero-order valence-electron chi connectivity index (χ0n) is 11.9. The Labute approximate surface area is 123 Å². The van der Waals surface area contributed by atoms with Gasteiger partial charge in [-0.3, -0.25) is 10.1 Å². The van der Waals surface area contributed by atoms with Crippen molar-refractivity contribution in [3.05, 3.63) is 33.9 Å². The van der Waals surface area contributed by atoms with E-state index in [0.29, 0.717) is 25.1 Å². The van der Waals surface area contributed by atoms with Crippen LogP contribution < -0.4 is 10.5 Å². The third-order valence-corrected chi connectivity index (χ3v) is 3.82.